The Morgan fingerprint density at radius 2 is 2.27 bits per heavy atom. The standard InChI is InChI=1S/C6H13Br2N3/c7-3-1-2-5(8)4-11-6(9)10/h5H,1-4H2,(H4,9,10,11). The lowest BCUT2D eigenvalue weighted by Gasteiger charge is -2.09. The molecule has 0 radical (unpaired) electrons. The van der Waals surface area contributed by atoms with E-state index in [1.807, 2.05) is 0 Å². The molecule has 0 bridgehead atoms. The third kappa shape index (κ3) is 8.13. The second kappa shape index (κ2) is 6.91. The van der Waals surface area contributed by atoms with Crippen LogP contribution in [0.1, 0.15) is 12.8 Å². The highest BCUT2D eigenvalue weighted by Gasteiger charge is 2.02. The Morgan fingerprint density at radius 1 is 1.64 bits per heavy atom. The number of hydrogen-bond acceptors (Lipinski definition) is 1. The third-order valence-corrected chi connectivity index (χ3v) is 2.51. The largest absolute Gasteiger partial charge is 0.370 e. The van der Waals surface area contributed by atoms with E-state index in [1.54, 1.807) is 0 Å². The summed E-state index contributed by atoms with van der Waals surface area (Å²) < 4.78 is 0. The Morgan fingerprint density at radius 3 is 2.73 bits per heavy atom. The average Bonchev–Trinajstić information content (AvgIpc) is 1.97. The quantitative estimate of drug-likeness (QED) is 0.407. The molecule has 0 spiro atoms. The summed E-state index contributed by atoms with van der Waals surface area (Å²) in [4.78, 5) is 0.406. The maximum absolute atomic E-state index is 6.90. The van der Waals surface area contributed by atoms with E-state index in [1.165, 1.54) is 0 Å². The number of nitrogens with two attached hydrogens (primary N) is 1. The highest BCUT2D eigenvalue weighted by atomic mass is 79.9. The summed E-state index contributed by atoms with van der Waals surface area (Å²) in [6.07, 6.45) is 2.22. The van der Waals surface area contributed by atoms with Gasteiger partial charge in [-0.15, -0.1) is 0 Å². The number of alkyl halides is 2. The van der Waals surface area contributed by atoms with Crippen molar-refractivity contribution < 1.29 is 0 Å². The van der Waals surface area contributed by atoms with Crippen molar-refractivity contribution in [3.05, 3.63) is 0 Å². The van der Waals surface area contributed by atoms with Crippen molar-refractivity contribution in [3.8, 4) is 0 Å². The lowest BCUT2D eigenvalue weighted by atomic mass is 10.2. The van der Waals surface area contributed by atoms with E-state index in [0.717, 1.165) is 24.7 Å². The Bertz CT molecular complexity index is 118. The van der Waals surface area contributed by atoms with Crippen LogP contribution in [0.2, 0.25) is 0 Å². The summed E-state index contributed by atoms with van der Waals surface area (Å²) in [5.74, 6) is 0.0355. The molecule has 0 aliphatic carbocycles. The van der Waals surface area contributed by atoms with Gasteiger partial charge < -0.3 is 11.1 Å². The molecule has 0 aromatic carbocycles. The Kier molecular flexibility index (Phi) is 7.06. The molecule has 66 valence electrons. The predicted molar refractivity (Wildman–Crippen MR) is 55.7 cm³/mol. The minimum atomic E-state index is 0.0355. The van der Waals surface area contributed by atoms with Crippen molar-refractivity contribution in [1.82, 2.24) is 5.32 Å². The highest BCUT2D eigenvalue weighted by molar-refractivity contribution is 9.09. The second-order valence-electron chi connectivity index (χ2n) is 2.22. The molecule has 0 aliphatic heterocycles. The molecule has 4 N–H and O–H groups in total. The fraction of sp³-hybridized carbons (Fsp3) is 0.833. The summed E-state index contributed by atoms with van der Waals surface area (Å²) in [7, 11) is 0. The molecule has 11 heavy (non-hydrogen) atoms. The first kappa shape index (κ1) is 11.2. The number of hydrogen-bond donors (Lipinski definition) is 3. The van der Waals surface area contributed by atoms with Gasteiger partial charge in [0.25, 0.3) is 0 Å². The molecule has 1 unspecified atom stereocenters. The third-order valence-electron chi connectivity index (χ3n) is 1.16. The van der Waals surface area contributed by atoms with Gasteiger partial charge in [-0.3, -0.25) is 5.41 Å². The van der Waals surface area contributed by atoms with Gasteiger partial charge in [-0.25, -0.2) is 0 Å². The maximum Gasteiger partial charge on any atom is 0.185 e. The van der Waals surface area contributed by atoms with Crippen molar-refractivity contribution in [2.24, 2.45) is 5.73 Å². The zero-order valence-electron chi connectivity index (χ0n) is 6.24. The molecule has 1 atom stereocenters. The van der Waals surface area contributed by atoms with Crippen molar-refractivity contribution in [3.63, 3.8) is 0 Å². The van der Waals surface area contributed by atoms with Gasteiger partial charge in [0, 0.05) is 16.7 Å². The monoisotopic (exact) mass is 285 g/mol. The molecule has 0 aliphatic rings. The molecule has 0 fully saturated rings. The molecule has 0 rings (SSSR count). The maximum atomic E-state index is 6.90. The van der Waals surface area contributed by atoms with Crippen molar-refractivity contribution in [2.75, 3.05) is 11.9 Å². The first-order chi connectivity index (χ1) is 5.16. The van der Waals surface area contributed by atoms with Crippen LogP contribution in [-0.4, -0.2) is 22.7 Å². The minimum Gasteiger partial charge on any atom is -0.370 e. The molecule has 0 aromatic heterocycles. The van der Waals surface area contributed by atoms with Gasteiger partial charge in [-0.2, -0.15) is 0 Å². The average molecular weight is 287 g/mol. The molecule has 0 saturated heterocycles. The summed E-state index contributed by atoms with van der Waals surface area (Å²) in [5.41, 5.74) is 5.11. The van der Waals surface area contributed by atoms with Crippen molar-refractivity contribution in [1.29, 1.82) is 5.41 Å². The van der Waals surface area contributed by atoms with E-state index in [2.05, 4.69) is 37.2 Å². The summed E-state index contributed by atoms with van der Waals surface area (Å²) in [6, 6.07) is 0. The van der Waals surface area contributed by atoms with Gasteiger partial charge >= 0.3 is 0 Å². The van der Waals surface area contributed by atoms with Gasteiger partial charge in [-0.1, -0.05) is 31.9 Å². The zero-order chi connectivity index (χ0) is 8.69. The molecule has 0 amide bonds. The SMILES string of the molecule is N=C(N)NCC(Br)CCCBr. The lowest BCUT2D eigenvalue weighted by molar-refractivity contribution is 0.723. The summed E-state index contributed by atoms with van der Waals surface area (Å²) in [6.45, 7) is 0.725. The molecule has 5 heteroatoms. The fourth-order valence-electron chi connectivity index (χ4n) is 0.621. The minimum absolute atomic E-state index is 0.0355. The van der Waals surface area contributed by atoms with Gasteiger partial charge in [0.15, 0.2) is 5.96 Å². The second-order valence-corrected chi connectivity index (χ2v) is 4.31. The number of halogens is 2. The molecule has 3 nitrogen and oxygen atoms in total. The van der Waals surface area contributed by atoms with Crippen LogP contribution in [0.5, 0.6) is 0 Å². The van der Waals surface area contributed by atoms with E-state index in [-0.39, 0.29) is 5.96 Å². The van der Waals surface area contributed by atoms with E-state index in [0.29, 0.717) is 4.83 Å². The van der Waals surface area contributed by atoms with Crippen LogP contribution < -0.4 is 11.1 Å². The van der Waals surface area contributed by atoms with Gasteiger partial charge in [0.1, 0.15) is 0 Å². The van der Waals surface area contributed by atoms with Crippen LogP contribution in [0, 0.1) is 5.41 Å². The molecule has 0 aromatic rings. The first-order valence-corrected chi connectivity index (χ1v) is 5.48. The molecule has 0 saturated carbocycles. The first-order valence-electron chi connectivity index (χ1n) is 3.44. The topological polar surface area (TPSA) is 61.9 Å². The summed E-state index contributed by atoms with van der Waals surface area (Å²) in [5, 5.41) is 10.7. The van der Waals surface area contributed by atoms with Gasteiger partial charge in [-0.05, 0) is 12.8 Å². The van der Waals surface area contributed by atoms with Crippen LogP contribution in [0.3, 0.4) is 0 Å². The van der Waals surface area contributed by atoms with Crippen LogP contribution >= 0.6 is 31.9 Å². The Labute approximate surface area is 83.9 Å². The van der Waals surface area contributed by atoms with Crippen LogP contribution in [0.15, 0.2) is 0 Å². The Balaban J connectivity index is 3.22. The van der Waals surface area contributed by atoms with E-state index in [9.17, 15) is 0 Å². The normalized spacial score (nSPS) is 12.5. The number of guanidine groups is 1. The van der Waals surface area contributed by atoms with Crippen LogP contribution in [0.4, 0.5) is 0 Å². The number of rotatable bonds is 5. The zero-order valence-corrected chi connectivity index (χ0v) is 9.41. The van der Waals surface area contributed by atoms with E-state index >= 15 is 0 Å². The molecule has 0 heterocycles. The van der Waals surface area contributed by atoms with E-state index in [4.69, 9.17) is 11.1 Å². The smallest absolute Gasteiger partial charge is 0.185 e. The van der Waals surface area contributed by atoms with Crippen LogP contribution in [-0.2, 0) is 0 Å². The van der Waals surface area contributed by atoms with Crippen molar-refractivity contribution >= 4 is 37.8 Å². The summed E-state index contributed by atoms with van der Waals surface area (Å²) >= 11 is 6.82. The highest BCUT2D eigenvalue weighted by Crippen LogP contribution is 2.07. The molecular formula is C6H13Br2N3. The number of nitrogens with one attached hydrogen (secondary N) is 2. The van der Waals surface area contributed by atoms with E-state index < -0.39 is 0 Å². The fourth-order valence-corrected chi connectivity index (χ4v) is 1.43. The predicted octanol–water partition coefficient (Wildman–Crippen LogP) is 1.41. The molecular weight excluding hydrogens is 274 g/mol. The Hall–Kier alpha value is 0.230. The van der Waals surface area contributed by atoms with Crippen molar-refractivity contribution in [2.45, 2.75) is 17.7 Å². The van der Waals surface area contributed by atoms with Gasteiger partial charge in [0.05, 0.1) is 0 Å². The van der Waals surface area contributed by atoms with Gasteiger partial charge in [0.2, 0.25) is 0 Å². The lowest BCUT2D eigenvalue weighted by Crippen LogP contribution is -2.34. The van der Waals surface area contributed by atoms with Crippen LogP contribution in [0.25, 0.3) is 0 Å².